The normalized spacial score (nSPS) is 13.4. The Labute approximate surface area is 159 Å². The fourth-order valence-corrected chi connectivity index (χ4v) is 4.29. The van der Waals surface area contributed by atoms with Crippen molar-refractivity contribution in [3.8, 4) is 0 Å². The van der Waals surface area contributed by atoms with Gasteiger partial charge >= 0.3 is 6.03 Å². The van der Waals surface area contributed by atoms with Crippen LogP contribution in [-0.2, 0) is 13.0 Å². The summed E-state index contributed by atoms with van der Waals surface area (Å²) < 4.78 is 0. The van der Waals surface area contributed by atoms with Gasteiger partial charge in [0.1, 0.15) is 0 Å². The number of carbonyl (C=O) groups excluding carboxylic acids is 1. The van der Waals surface area contributed by atoms with Crippen LogP contribution in [0.2, 0.25) is 0 Å². The zero-order valence-electron chi connectivity index (χ0n) is 15.3. The van der Waals surface area contributed by atoms with Gasteiger partial charge in [0.2, 0.25) is 0 Å². The van der Waals surface area contributed by atoms with Gasteiger partial charge < -0.3 is 20.2 Å². The highest BCUT2D eigenvalue weighted by Crippen LogP contribution is 2.26. The second-order valence-electron chi connectivity index (χ2n) is 6.61. The van der Waals surface area contributed by atoms with Crippen LogP contribution in [0.25, 0.3) is 0 Å². The minimum absolute atomic E-state index is 0.0305. The lowest BCUT2D eigenvalue weighted by molar-refractivity contribution is 0.175. The Bertz CT molecular complexity index is 731. The average molecular weight is 374 g/mol. The van der Waals surface area contributed by atoms with Crippen molar-refractivity contribution in [2.45, 2.75) is 26.3 Å². The molecule has 1 aliphatic rings. The summed E-state index contributed by atoms with van der Waals surface area (Å²) in [5.41, 5.74) is 2.68. The first-order valence-electron chi connectivity index (χ1n) is 9.19. The largest absolute Gasteiger partial charge is 0.395 e. The minimum Gasteiger partial charge on any atom is -0.395 e. The number of anilines is 1. The number of aryl methyl sites for hydroxylation is 2. The van der Waals surface area contributed by atoms with E-state index in [9.17, 15) is 9.90 Å². The van der Waals surface area contributed by atoms with E-state index in [2.05, 4.69) is 47.5 Å². The third-order valence-corrected chi connectivity index (χ3v) is 5.65. The van der Waals surface area contributed by atoms with Gasteiger partial charge in [-0.05, 0) is 43.5 Å². The molecule has 2 N–H and O–H groups in total. The van der Waals surface area contributed by atoms with E-state index in [1.165, 1.54) is 16.1 Å². The van der Waals surface area contributed by atoms with Crippen molar-refractivity contribution in [2.24, 2.45) is 0 Å². The molecule has 2 aromatic rings. The number of amides is 2. The van der Waals surface area contributed by atoms with Crippen LogP contribution in [0.4, 0.5) is 10.5 Å². The van der Waals surface area contributed by atoms with Crippen molar-refractivity contribution < 1.29 is 9.90 Å². The highest BCUT2D eigenvalue weighted by Gasteiger charge is 2.17. The topological polar surface area (TPSA) is 55.8 Å². The Hall–Kier alpha value is -2.05. The summed E-state index contributed by atoms with van der Waals surface area (Å²) >= 11 is 1.69. The lowest BCUT2D eigenvalue weighted by atomic mass is 10.0. The molecule has 2 amide bonds. The van der Waals surface area contributed by atoms with Crippen LogP contribution < -0.4 is 10.2 Å². The fourth-order valence-electron chi connectivity index (χ4n) is 3.38. The van der Waals surface area contributed by atoms with E-state index in [1.54, 1.807) is 16.2 Å². The van der Waals surface area contributed by atoms with Crippen LogP contribution in [-0.4, -0.2) is 48.8 Å². The Morgan fingerprint density at radius 1 is 1.31 bits per heavy atom. The van der Waals surface area contributed by atoms with Gasteiger partial charge in [0.05, 0.1) is 13.2 Å². The van der Waals surface area contributed by atoms with Gasteiger partial charge in [0, 0.05) is 41.6 Å². The first-order chi connectivity index (χ1) is 12.7. The highest BCUT2D eigenvalue weighted by molar-refractivity contribution is 7.11. The number of thiophene rings is 1. The minimum atomic E-state index is -0.115. The monoisotopic (exact) mass is 373 g/mol. The van der Waals surface area contributed by atoms with Gasteiger partial charge in [-0.15, -0.1) is 11.3 Å². The summed E-state index contributed by atoms with van der Waals surface area (Å²) in [6, 6.07) is 12.5. The predicted octanol–water partition coefficient (Wildman–Crippen LogP) is 3.01. The van der Waals surface area contributed by atoms with Crippen LogP contribution in [0.3, 0.4) is 0 Å². The number of fused-ring (bicyclic) bond motifs is 1. The molecule has 0 aliphatic carbocycles. The first-order valence-corrected chi connectivity index (χ1v) is 10.0. The molecule has 0 radical (unpaired) electrons. The van der Waals surface area contributed by atoms with Gasteiger partial charge in [-0.1, -0.05) is 18.2 Å². The van der Waals surface area contributed by atoms with Gasteiger partial charge in [-0.3, -0.25) is 0 Å². The van der Waals surface area contributed by atoms with Gasteiger partial charge in [-0.25, -0.2) is 4.79 Å². The molecule has 0 fully saturated rings. The first kappa shape index (κ1) is 18.7. The highest BCUT2D eigenvalue weighted by atomic mass is 32.1. The molecule has 5 nitrogen and oxygen atoms in total. The Balaban J connectivity index is 1.52. The number of rotatable bonds is 7. The van der Waals surface area contributed by atoms with E-state index >= 15 is 0 Å². The number of aliphatic hydroxyl groups excluding tert-OH is 1. The number of hydrogen-bond donors (Lipinski definition) is 2. The van der Waals surface area contributed by atoms with Gasteiger partial charge in [0.25, 0.3) is 0 Å². The quantitative estimate of drug-likeness (QED) is 0.784. The van der Waals surface area contributed by atoms with E-state index in [-0.39, 0.29) is 12.6 Å². The fraction of sp³-hybridized carbons (Fsp3) is 0.450. The molecule has 0 saturated heterocycles. The van der Waals surface area contributed by atoms with Gasteiger partial charge in [0.15, 0.2) is 0 Å². The lowest BCUT2D eigenvalue weighted by Crippen LogP contribution is -2.44. The molecule has 0 unspecified atom stereocenters. The zero-order valence-corrected chi connectivity index (χ0v) is 16.1. The summed E-state index contributed by atoms with van der Waals surface area (Å²) in [7, 11) is 0. The molecule has 1 aromatic heterocycles. The number of carbonyl (C=O) groups is 1. The average Bonchev–Trinajstić information content (AvgIpc) is 3.06. The molecule has 140 valence electrons. The zero-order chi connectivity index (χ0) is 18.4. The molecule has 6 heteroatoms. The van der Waals surface area contributed by atoms with Gasteiger partial charge in [-0.2, -0.15) is 0 Å². The summed E-state index contributed by atoms with van der Waals surface area (Å²) in [5, 5.41) is 12.3. The van der Waals surface area contributed by atoms with Crippen LogP contribution in [0.15, 0.2) is 36.4 Å². The van der Waals surface area contributed by atoms with E-state index in [4.69, 9.17) is 0 Å². The van der Waals surface area contributed by atoms with E-state index < -0.39 is 0 Å². The number of nitrogens with one attached hydrogen (secondary N) is 1. The van der Waals surface area contributed by atoms with Crippen molar-refractivity contribution in [2.75, 3.05) is 37.7 Å². The van der Waals surface area contributed by atoms with E-state index in [1.807, 2.05) is 6.07 Å². The van der Waals surface area contributed by atoms with Crippen molar-refractivity contribution in [1.29, 1.82) is 0 Å². The number of urea groups is 1. The second kappa shape index (κ2) is 9.05. The molecular weight excluding hydrogens is 346 g/mol. The maximum atomic E-state index is 12.5. The lowest BCUT2D eigenvalue weighted by Gasteiger charge is -2.31. The van der Waals surface area contributed by atoms with Crippen molar-refractivity contribution in [3.05, 3.63) is 51.7 Å². The summed E-state index contributed by atoms with van der Waals surface area (Å²) in [5.74, 6) is 0. The molecule has 0 saturated carbocycles. The number of aliphatic hydroxyl groups is 1. The number of hydrogen-bond acceptors (Lipinski definition) is 4. The molecule has 0 spiro atoms. The second-order valence-corrected chi connectivity index (χ2v) is 7.98. The van der Waals surface area contributed by atoms with Crippen molar-refractivity contribution in [1.82, 2.24) is 10.2 Å². The third kappa shape index (κ3) is 4.77. The molecule has 0 atom stereocenters. The maximum absolute atomic E-state index is 12.5. The SMILES string of the molecule is Cc1ccc(CN(CCO)C(=O)NCCN2CCCc3ccccc32)s1. The van der Waals surface area contributed by atoms with Crippen LogP contribution >= 0.6 is 11.3 Å². The summed E-state index contributed by atoms with van der Waals surface area (Å²) in [6.45, 7) is 5.33. The molecule has 2 heterocycles. The summed E-state index contributed by atoms with van der Waals surface area (Å²) in [4.78, 5) is 18.9. The molecule has 1 aromatic carbocycles. The molecule has 26 heavy (non-hydrogen) atoms. The standard InChI is InChI=1S/C20H27N3O2S/c1-16-8-9-18(26-16)15-23(13-14-24)20(25)21-10-12-22-11-4-6-17-5-2-3-7-19(17)22/h2-3,5,7-9,24H,4,6,10-15H2,1H3,(H,21,25). The molecule has 0 bridgehead atoms. The van der Waals surface area contributed by atoms with E-state index in [0.717, 1.165) is 30.8 Å². The third-order valence-electron chi connectivity index (χ3n) is 4.66. The maximum Gasteiger partial charge on any atom is 0.317 e. The molecular formula is C20H27N3O2S. The van der Waals surface area contributed by atoms with Crippen LogP contribution in [0.1, 0.15) is 21.7 Å². The smallest absolute Gasteiger partial charge is 0.317 e. The van der Waals surface area contributed by atoms with Crippen molar-refractivity contribution >= 4 is 23.1 Å². The summed E-state index contributed by atoms with van der Waals surface area (Å²) in [6.07, 6.45) is 2.28. The number of para-hydroxylation sites is 1. The Kier molecular flexibility index (Phi) is 6.52. The molecule has 3 rings (SSSR count). The Morgan fingerprint density at radius 2 is 2.15 bits per heavy atom. The number of benzene rings is 1. The van der Waals surface area contributed by atoms with Crippen LogP contribution in [0.5, 0.6) is 0 Å². The van der Waals surface area contributed by atoms with Crippen molar-refractivity contribution in [3.63, 3.8) is 0 Å². The van der Waals surface area contributed by atoms with Crippen LogP contribution in [0, 0.1) is 6.92 Å². The predicted molar refractivity (Wildman–Crippen MR) is 107 cm³/mol. The Morgan fingerprint density at radius 3 is 2.92 bits per heavy atom. The number of nitrogens with zero attached hydrogens (tertiary/aromatic N) is 2. The molecule has 1 aliphatic heterocycles. The van der Waals surface area contributed by atoms with E-state index in [0.29, 0.717) is 19.6 Å².